The average Bonchev–Trinajstić information content (AvgIpc) is 3.15. The number of hydrogen-bond donors (Lipinski definition) is 1. The van der Waals surface area contributed by atoms with Crippen LogP contribution in [-0.4, -0.2) is 61.5 Å². The lowest BCUT2D eigenvalue weighted by atomic mass is 9.96. The molecule has 0 bridgehead atoms. The molecule has 30 heavy (non-hydrogen) atoms. The van der Waals surface area contributed by atoms with Crippen molar-refractivity contribution in [1.82, 2.24) is 29.3 Å². The minimum absolute atomic E-state index is 0.0295. The van der Waals surface area contributed by atoms with Crippen molar-refractivity contribution >= 4 is 11.0 Å². The second-order valence-electron chi connectivity index (χ2n) is 8.70. The molecule has 0 amide bonds. The molecule has 5 rings (SSSR count). The van der Waals surface area contributed by atoms with Crippen molar-refractivity contribution in [2.75, 3.05) is 26.2 Å². The van der Waals surface area contributed by atoms with Crippen molar-refractivity contribution in [3.8, 4) is 0 Å². The van der Waals surface area contributed by atoms with E-state index < -0.39 is 0 Å². The van der Waals surface area contributed by atoms with Crippen LogP contribution in [0.15, 0.2) is 47.8 Å². The summed E-state index contributed by atoms with van der Waals surface area (Å²) in [6, 6.07) is 9.34. The van der Waals surface area contributed by atoms with E-state index in [2.05, 4.69) is 31.7 Å². The third kappa shape index (κ3) is 3.68. The molecule has 2 aliphatic heterocycles. The molecule has 0 spiro atoms. The molecule has 1 aromatic carbocycles. The van der Waals surface area contributed by atoms with Crippen LogP contribution >= 0.6 is 0 Å². The number of aromatic amines is 1. The molecule has 158 valence electrons. The number of benzene rings is 1. The summed E-state index contributed by atoms with van der Waals surface area (Å²) in [4.78, 5) is 29.1. The Kier molecular flexibility index (Phi) is 5.39. The van der Waals surface area contributed by atoms with E-state index in [1.54, 1.807) is 6.33 Å². The zero-order valence-corrected chi connectivity index (χ0v) is 17.6. The SMILES string of the molecule is CC(c1cncnc1)N1CCC(N2CCC(n3c(=O)[nH]c4ccccc43)CC2)CC1. The van der Waals surface area contributed by atoms with E-state index >= 15 is 0 Å². The van der Waals surface area contributed by atoms with E-state index in [1.807, 2.05) is 41.2 Å². The van der Waals surface area contributed by atoms with Crippen LogP contribution in [0.2, 0.25) is 0 Å². The van der Waals surface area contributed by atoms with Gasteiger partial charge in [-0.3, -0.25) is 9.47 Å². The molecule has 2 fully saturated rings. The fraction of sp³-hybridized carbons (Fsp3) is 0.522. The second kappa shape index (κ2) is 8.32. The van der Waals surface area contributed by atoms with Crippen LogP contribution in [0.3, 0.4) is 0 Å². The molecule has 4 heterocycles. The number of likely N-dealkylation sites (tertiary alicyclic amines) is 2. The summed E-state index contributed by atoms with van der Waals surface area (Å²) in [6.45, 7) is 6.63. The summed E-state index contributed by atoms with van der Waals surface area (Å²) < 4.78 is 1.99. The number of nitrogens with zero attached hydrogens (tertiary/aromatic N) is 5. The van der Waals surface area contributed by atoms with Crippen molar-refractivity contribution in [2.24, 2.45) is 0 Å². The van der Waals surface area contributed by atoms with Crippen molar-refractivity contribution < 1.29 is 0 Å². The minimum Gasteiger partial charge on any atom is -0.306 e. The van der Waals surface area contributed by atoms with Crippen LogP contribution in [0, 0.1) is 0 Å². The Balaban J connectivity index is 1.18. The first-order valence-corrected chi connectivity index (χ1v) is 11.1. The third-order valence-electron chi connectivity index (χ3n) is 7.11. The Morgan fingerprint density at radius 1 is 0.967 bits per heavy atom. The van der Waals surface area contributed by atoms with E-state index in [1.165, 1.54) is 18.4 Å². The van der Waals surface area contributed by atoms with Crippen LogP contribution in [0.4, 0.5) is 0 Å². The highest BCUT2D eigenvalue weighted by molar-refractivity contribution is 5.75. The maximum atomic E-state index is 12.5. The lowest BCUT2D eigenvalue weighted by Crippen LogP contribution is -2.48. The highest BCUT2D eigenvalue weighted by Crippen LogP contribution is 2.30. The Morgan fingerprint density at radius 3 is 2.37 bits per heavy atom. The van der Waals surface area contributed by atoms with Gasteiger partial charge in [0.25, 0.3) is 0 Å². The monoisotopic (exact) mass is 406 g/mol. The number of fused-ring (bicyclic) bond motifs is 1. The number of hydrogen-bond acceptors (Lipinski definition) is 5. The molecular weight excluding hydrogens is 376 g/mol. The summed E-state index contributed by atoms with van der Waals surface area (Å²) in [5.74, 6) is 0. The first-order chi connectivity index (χ1) is 14.7. The lowest BCUT2D eigenvalue weighted by Gasteiger charge is -2.43. The maximum Gasteiger partial charge on any atom is 0.326 e. The van der Waals surface area contributed by atoms with Crippen LogP contribution < -0.4 is 5.69 Å². The highest BCUT2D eigenvalue weighted by Gasteiger charge is 2.31. The maximum absolute atomic E-state index is 12.5. The number of imidazole rings is 1. The minimum atomic E-state index is 0.0295. The molecule has 2 aromatic heterocycles. The molecule has 1 atom stereocenters. The summed E-state index contributed by atoms with van der Waals surface area (Å²) in [5.41, 5.74) is 3.20. The Hall–Kier alpha value is -2.51. The number of aromatic nitrogens is 4. The predicted octanol–water partition coefficient (Wildman–Crippen LogP) is 2.98. The van der Waals surface area contributed by atoms with Crippen LogP contribution in [0.25, 0.3) is 11.0 Å². The Morgan fingerprint density at radius 2 is 1.63 bits per heavy atom. The lowest BCUT2D eigenvalue weighted by molar-refractivity contribution is 0.0655. The van der Waals surface area contributed by atoms with Gasteiger partial charge in [-0.25, -0.2) is 14.8 Å². The first kappa shape index (κ1) is 19.5. The van der Waals surface area contributed by atoms with Crippen LogP contribution in [-0.2, 0) is 0 Å². The number of H-pyrrole nitrogens is 1. The molecule has 7 heteroatoms. The van der Waals surface area contributed by atoms with Gasteiger partial charge < -0.3 is 9.88 Å². The normalized spacial score (nSPS) is 21.2. The van der Waals surface area contributed by atoms with Crippen molar-refractivity contribution in [1.29, 1.82) is 0 Å². The summed E-state index contributed by atoms with van der Waals surface area (Å²) in [5, 5.41) is 0. The van der Waals surface area contributed by atoms with Gasteiger partial charge >= 0.3 is 5.69 Å². The van der Waals surface area contributed by atoms with Gasteiger partial charge in [-0.1, -0.05) is 12.1 Å². The molecule has 0 aliphatic carbocycles. The zero-order valence-electron chi connectivity index (χ0n) is 17.6. The summed E-state index contributed by atoms with van der Waals surface area (Å²) >= 11 is 0. The molecular formula is C23H30N6O. The molecule has 1 N–H and O–H groups in total. The molecule has 0 radical (unpaired) electrons. The largest absolute Gasteiger partial charge is 0.326 e. The van der Waals surface area contributed by atoms with E-state index in [9.17, 15) is 4.79 Å². The fourth-order valence-corrected chi connectivity index (χ4v) is 5.32. The van der Waals surface area contributed by atoms with Crippen molar-refractivity contribution in [3.63, 3.8) is 0 Å². The van der Waals surface area contributed by atoms with Gasteiger partial charge in [0.2, 0.25) is 0 Å². The van der Waals surface area contributed by atoms with E-state index in [-0.39, 0.29) is 5.69 Å². The fourth-order valence-electron chi connectivity index (χ4n) is 5.32. The zero-order chi connectivity index (χ0) is 20.5. The summed E-state index contributed by atoms with van der Waals surface area (Å²) in [6.07, 6.45) is 9.95. The smallest absolute Gasteiger partial charge is 0.306 e. The van der Waals surface area contributed by atoms with Gasteiger partial charge in [0.1, 0.15) is 6.33 Å². The molecule has 2 saturated heterocycles. The van der Waals surface area contributed by atoms with Crippen LogP contribution in [0.5, 0.6) is 0 Å². The Bertz CT molecular complexity index is 1030. The molecule has 2 aliphatic rings. The van der Waals surface area contributed by atoms with Gasteiger partial charge in [0.15, 0.2) is 0 Å². The topological polar surface area (TPSA) is 70.1 Å². The van der Waals surface area contributed by atoms with Gasteiger partial charge in [-0.15, -0.1) is 0 Å². The quantitative estimate of drug-likeness (QED) is 0.721. The number of rotatable bonds is 4. The first-order valence-electron chi connectivity index (χ1n) is 11.1. The van der Waals surface area contributed by atoms with Gasteiger partial charge in [-0.2, -0.15) is 0 Å². The number of piperidine rings is 2. The molecule has 0 saturated carbocycles. The van der Waals surface area contributed by atoms with E-state index in [0.717, 1.165) is 50.1 Å². The van der Waals surface area contributed by atoms with Crippen LogP contribution in [0.1, 0.15) is 50.3 Å². The van der Waals surface area contributed by atoms with Gasteiger partial charge in [-0.05, 0) is 44.7 Å². The Labute approximate surface area is 176 Å². The van der Waals surface area contributed by atoms with Gasteiger partial charge in [0.05, 0.1) is 11.0 Å². The van der Waals surface area contributed by atoms with E-state index in [0.29, 0.717) is 18.1 Å². The molecule has 7 nitrogen and oxygen atoms in total. The number of para-hydroxylation sites is 2. The second-order valence-corrected chi connectivity index (χ2v) is 8.70. The molecule has 3 aromatic rings. The summed E-state index contributed by atoms with van der Waals surface area (Å²) in [7, 11) is 0. The number of nitrogens with one attached hydrogen (secondary N) is 1. The molecule has 1 unspecified atom stereocenters. The third-order valence-corrected chi connectivity index (χ3v) is 7.11. The van der Waals surface area contributed by atoms with Crippen molar-refractivity contribution in [2.45, 2.75) is 50.7 Å². The highest BCUT2D eigenvalue weighted by atomic mass is 16.1. The average molecular weight is 407 g/mol. The van der Waals surface area contributed by atoms with Gasteiger partial charge in [0, 0.05) is 62.3 Å². The van der Waals surface area contributed by atoms with E-state index in [4.69, 9.17) is 0 Å². The van der Waals surface area contributed by atoms with Crippen molar-refractivity contribution in [3.05, 3.63) is 59.0 Å². The standard InChI is InChI=1S/C23H30N6O/c1-17(18-14-24-16-25-15-18)27-10-6-19(7-11-27)28-12-8-20(9-13-28)29-22-5-3-2-4-21(22)26-23(29)30/h2-5,14-17,19-20H,6-13H2,1H3,(H,26,30). The predicted molar refractivity (Wildman–Crippen MR) is 117 cm³/mol.